The number of hydrogen-bond acceptors (Lipinski definition) is 4. The Morgan fingerprint density at radius 2 is 1.80 bits per heavy atom. The highest BCUT2D eigenvalue weighted by Gasteiger charge is 2.43. The van der Waals surface area contributed by atoms with Crippen molar-refractivity contribution in [1.29, 1.82) is 0 Å². The molecule has 0 aromatic rings. The van der Waals surface area contributed by atoms with E-state index >= 15 is 0 Å². The molecule has 1 rings (SSSR count). The van der Waals surface area contributed by atoms with E-state index in [9.17, 15) is 18.0 Å². The average molecular weight is 304 g/mol. The van der Waals surface area contributed by atoms with Crippen LogP contribution in [0.3, 0.4) is 0 Å². The molecule has 0 saturated carbocycles. The number of amides is 2. The first kappa shape index (κ1) is 16.9. The molecule has 0 radical (unpaired) electrons. The summed E-state index contributed by atoms with van der Waals surface area (Å²) in [5.74, 6) is -0.517. The summed E-state index contributed by atoms with van der Waals surface area (Å²) < 4.78 is 23.2. The van der Waals surface area contributed by atoms with Crippen LogP contribution in [0.1, 0.15) is 34.6 Å². The van der Waals surface area contributed by atoms with Gasteiger partial charge in [-0.25, -0.2) is 8.42 Å². The van der Waals surface area contributed by atoms with Gasteiger partial charge in [0.2, 0.25) is 11.8 Å². The fraction of sp³-hybridized carbons (Fsp3) is 0.846. The molecule has 0 aromatic carbocycles. The summed E-state index contributed by atoms with van der Waals surface area (Å²) in [7, 11) is -3.16. The molecule has 2 atom stereocenters. The molecule has 0 bridgehead atoms. The van der Waals surface area contributed by atoms with Crippen molar-refractivity contribution in [3.8, 4) is 0 Å². The SMILES string of the molecule is CCS(=O)(=O)CCN1C(=O)C(C(C)(C)C)NC(=O)C1C. The van der Waals surface area contributed by atoms with Gasteiger partial charge in [-0.05, 0) is 12.3 Å². The maximum absolute atomic E-state index is 12.4. The minimum atomic E-state index is -3.16. The summed E-state index contributed by atoms with van der Waals surface area (Å²) in [5, 5.41) is 2.72. The van der Waals surface area contributed by atoms with Gasteiger partial charge in [0.1, 0.15) is 12.1 Å². The van der Waals surface area contributed by atoms with Gasteiger partial charge in [-0.3, -0.25) is 9.59 Å². The Hall–Kier alpha value is -1.11. The molecule has 1 heterocycles. The van der Waals surface area contributed by atoms with E-state index in [1.807, 2.05) is 20.8 Å². The van der Waals surface area contributed by atoms with Gasteiger partial charge in [-0.15, -0.1) is 0 Å². The van der Waals surface area contributed by atoms with Crippen molar-refractivity contribution in [2.45, 2.75) is 46.7 Å². The minimum absolute atomic E-state index is 0.0400. The lowest BCUT2D eigenvalue weighted by molar-refractivity contribution is -0.151. The highest BCUT2D eigenvalue weighted by atomic mass is 32.2. The van der Waals surface area contributed by atoms with Crippen molar-refractivity contribution < 1.29 is 18.0 Å². The Kier molecular flexibility index (Phi) is 4.84. The van der Waals surface area contributed by atoms with E-state index < -0.39 is 27.3 Å². The molecule has 1 fully saturated rings. The Bertz CT molecular complexity index is 493. The van der Waals surface area contributed by atoms with Crippen LogP contribution in [-0.2, 0) is 19.4 Å². The van der Waals surface area contributed by atoms with Crippen LogP contribution in [-0.4, -0.2) is 55.3 Å². The number of carbonyl (C=O) groups is 2. The van der Waals surface area contributed by atoms with Crippen LogP contribution in [0.25, 0.3) is 0 Å². The lowest BCUT2D eigenvalue weighted by Crippen LogP contribution is -2.66. The van der Waals surface area contributed by atoms with E-state index in [1.165, 1.54) is 4.90 Å². The first-order chi connectivity index (χ1) is 8.99. The van der Waals surface area contributed by atoms with Crippen molar-refractivity contribution in [2.75, 3.05) is 18.1 Å². The Balaban J connectivity index is 2.92. The number of hydrogen-bond donors (Lipinski definition) is 1. The van der Waals surface area contributed by atoms with Crippen LogP contribution in [0.15, 0.2) is 0 Å². The molecular weight excluding hydrogens is 280 g/mol. The number of piperazine rings is 1. The van der Waals surface area contributed by atoms with Gasteiger partial charge in [0.05, 0.1) is 5.75 Å². The lowest BCUT2D eigenvalue weighted by Gasteiger charge is -2.42. The first-order valence-corrected chi connectivity index (χ1v) is 8.63. The first-order valence-electron chi connectivity index (χ1n) is 6.81. The quantitative estimate of drug-likeness (QED) is 0.803. The normalized spacial score (nSPS) is 24.8. The minimum Gasteiger partial charge on any atom is -0.342 e. The van der Waals surface area contributed by atoms with Gasteiger partial charge < -0.3 is 10.2 Å². The zero-order chi connectivity index (χ0) is 15.7. The summed E-state index contributed by atoms with van der Waals surface area (Å²) in [5.41, 5.74) is -0.408. The highest BCUT2D eigenvalue weighted by molar-refractivity contribution is 7.91. The zero-order valence-electron chi connectivity index (χ0n) is 12.8. The molecule has 20 heavy (non-hydrogen) atoms. The highest BCUT2D eigenvalue weighted by Crippen LogP contribution is 2.25. The summed E-state index contributed by atoms with van der Waals surface area (Å²) in [4.78, 5) is 25.8. The maximum atomic E-state index is 12.4. The second-order valence-corrected chi connectivity index (χ2v) is 8.72. The van der Waals surface area contributed by atoms with Gasteiger partial charge in [-0.1, -0.05) is 27.7 Å². The Morgan fingerprint density at radius 1 is 1.25 bits per heavy atom. The second kappa shape index (κ2) is 5.71. The van der Waals surface area contributed by atoms with Gasteiger partial charge in [0.15, 0.2) is 9.84 Å². The number of nitrogens with one attached hydrogen (secondary N) is 1. The van der Waals surface area contributed by atoms with Crippen LogP contribution in [0.4, 0.5) is 0 Å². The van der Waals surface area contributed by atoms with Crippen molar-refractivity contribution >= 4 is 21.7 Å². The van der Waals surface area contributed by atoms with Crippen LogP contribution < -0.4 is 5.32 Å². The molecule has 7 heteroatoms. The topological polar surface area (TPSA) is 83.6 Å². The van der Waals surface area contributed by atoms with Crippen molar-refractivity contribution in [3.05, 3.63) is 0 Å². The molecule has 0 aromatic heterocycles. The average Bonchev–Trinajstić information content (AvgIpc) is 2.32. The summed E-state index contributed by atoms with van der Waals surface area (Å²) >= 11 is 0. The Labute approximate surface area is 120 Å². The summed E-state index contributed by atoms with van der Waals surface area (Å²) in [6, 6.07) is -1.25. The number of rotatable bonds is 4. The molecule has 6 nitrogen and oxygen atoms in total. The number of sulfone groups is 1. The maximum Gasteiger partial charge on any atom is 0.246 e. The van der Waals surface area contributed by atoms with Crippen LogP contribution in [0, 0.1) is 5.41 Å². The van der Waals surface area contributed by atoms with Crippen molar-refractivity contribution in [1.82, 2.24) is 10.2 Å². The van der Waals surface area contributed by atoms with Crippen LogP contribution >= 0.6 is 0 Å². The predicted molar refractivity (Wildman–Crippen MR) is 76.9 cm³/mol. The smallest absolute Gasteiger partial charge is 0.246 e. The van der Waals surface area contributed by atoms with E-state index in [0.717, 1.165) is 0 Å². The van der Waals surface area contributed by atoms with Gasteiger partial charge in [-0.2, -0.15) is 0 Å². The molecule has 1 aliphatic heterocycles. The van der Waals surface area contributed by atoms with Gasteiger partial charge in [0.25, 0.3) is 0 Å². The fourth-order valence-corrected chi connectivity index (χ4v) is 2.86. The summed E-state index contributed by atoms with van der Waals surface area (Å²) in [6.45, 7) is 8.86. The van der Waals surface area contributed by atoms with Crippen molar-refractivity contribution in [3.63, 3.8) is 0 Å². The number of carbonyl (C=O) groups excluding carboxylic acids is 2. The van der Waals surface area contributed by atoms with Crippen LogP contribution in [0.2, 0.25) is 0 Å². The van der Waals surface area contributed by atoms with Crippen LogP contribution in [0.5, 0.6) is 0 Å². The molecule has 2 unspecified atom stereocenters. The molecule has 1 aliphatic rings. The fourth-order valence-electron chi connectivity index (χ4n) is 2.10. The predicted octanol–water partition coefficient (Wildman–Crippen LogP) is 0.183. The van der Waals surface area contributed by atoms with E-state index in [1.54, 1.807) is 13.8 Å². The third-order valence-electron chi connectivity index (χ3n) is 3.61. The largest absolute Gasteiger partial charge is 0.342 e. The number of nitrogens with zero attached hydrogens (tertiary/aromatic N) is 1. The molecule has 1 N–H and O–H groups in total. The van der Waals surface area contributed by atoms with Gasteiger partial charge in [0, 0.05) is 12.3 Å². The second-order valence-electron chi connectivity index (χ2n) is 6.25. The lowest BCUT2D eigenvalue weighted by atomic mass is 9.84. The molecule has 0 spiro atoms. The van der Waals surface area contributed by atoms with E-state index in [4.69, 9.17) is 0 Å². The van der Waals surface area contributed by atoms with E-state index in [0.29, 0.717) is 0 Å². The summed E-state index contributed by atoms with van der Waals surface area (Å²) in [6.07, 6.45) is 0. The zero-order valence-corrected chi connectivity index (χ0v) is 13.6. The van der Waals surface area contributed by atoms with E-state index in [-0.39, 0.29) is 29.9 Å². The molecule has 0 aliphatic carbocycles. The van der Waals surface area contributed by atoms with Gasteiger partial charge >= 0.3 is 0 Å². The third kappa shape index (κ3) is 3.71. The molecular formula is C13H24N2O4S. The molecule has 2 amide bonds. The third-order valence-corrected chi connectivity index (χ3v) is 5.30. The Morgan fingerprint density at radius 3 is 2.25 bits per heavy atom. The monoisotopic (exact) mass is 304 g/mol. The van der Waals surface area contributed by atoms with E-state index in [2.05, 4.69) is 5.32 Å². The standard InChI is InChI=1S/C13H24N2O4S/c1-6-20(18,19)8-7-15-9(2)11(16)14-10(12(15)17)13(3,4)5/h9-10H,6-8H2,1-5H3,(H,14,16). The molecule has 1 saturated heterocycles. The van der Waals surface area contributed by atoms with Crippen molar-refractivity contribution in [2.24, 2.45) is 5.41 Å². The molecule has 116 valence electrons.